The van der Waals surface area contributed by atoms with Crippen LogP contribution in [-0.2, 0) is 14.3 Å². The summed E-state index contributed by atoms with van der Waals surface area (Å²) >= 11 is 0. The fourth-order valence-corrected chi connectivity index (χ4v) is 10.3. The van der Waals surface area contributed by atoms with Crippen molar-refractivity contribution in [1.82, 2.24) is 5.32 Å². The Kier molecular flexibility index (Phi) is 62.0. The van der Waals surface area contributed by atoms with Gasteiger partial charge in [-0.3, -0.25) is 9.59 Å². The molecule has 6 nitrogen and oxygen atoms in total. The van der Waals surface area contributed by atoms with Crippen molar-refractivity contribution < 1.29 is 24.5 Å². The molecule has 3 N–H and O–H groups in total. The summed E-state index contributed by atoms with van der Waals surface area (Å²) in [6.07, 6.45) is 80.5. The number of amides is 1. The van der Waals surface area contributed by atoms with Crippen molar-refractivity contribution in [1.29, 1.82) is 0 Å². The SMILES string of the molecule is CCCCCCCC/C=C\CCCCCCCC(=O)OCCCCCCCCCCC/C=C\CCCCCCCCCC(=O)NC(CO)C(O)/C=C/CCCCCCCCCCCCCCCCCCCCCC. The van der Waals surface area contributed by atoms with Crippen LogP contribution in [0.25, 0.3) is 0 Å². The lowest BCUT2D eigenvalue weighted by molar-refractivity contribution is -0.143. The molecule has 0 aromatic heterocycles. The quantitative estimate of drug-likeness (QED) is 0.0320. The Balaban J connectivity index is 3.46. The number of esters is 1. The minimum absolute atomic E-state index is 0.00198. The van der Waals surface area contributed by atoms with E-state index < -0.39 is 12.1 Å². The molecule has 0 aromatic rings. The van der Waals surface area contributed by atoms with E-state index in [0.29, 0.717) is 19.4 Å². The standard InChI is InChI=1S/C68H129NO5/c1-3-5-7-9-11-13-15-17-19-20-21-22-23-26-29-33-36-40-44-48-52-56-60-66(71)65(64-70)69-67(72)61-57-53-49-45-41-37-34-30-27-24-25-28-31-35-39-43-47-51-55-59-63-74-68(73)62-58-54-50-46-42-38-32-18-16-14-12-10-8-6-4-2/h18,24,27,32,56,60,65-66,70-71H,3-17,19-23,25-26,28-31,33-55,57-59,61-64H2,1-2H3,(H,69,72)/b27-24-,32-18-,60-56+. The molecule has 2 atom stereocenters. The van der Waals surface area contributed by atoms with Gasteiger partial charge in [0.15, 0.2) is 0 Å². The number of ether oxygens (including phenoxy) is 1. The third-order valence-corrected chi connectivity index (χ3v) is 15.4. The van der Waals surface area contributed by atoms with Gasteiger partial charge in [-0.1, -0.05) is 301 Å². The predicted molar refractivity (Wildman–Crippen MR) is 324 cm³/mol. The molecular weight excluding hydrogens is 911 g/mol. The van der Waals surface area contributed by atoms with Crippen LogP contribution in [0, 0.1) is 0 Å². The molecule has 74 heavy (non-hydrogen) atoms. The Bertz CT molecular complexity index is 1200. The summed E-state index contributed by atoms with van der Waals surface area (Å²) in [5.74, 6) is -0.0757. The van der Waals surface area contributed by atoms with Crippen molar-refractivity contribution in [2.24, 2.45) is 0 Å². The van der Waals surface area contributed by atoms with E-state index in [-0.39, 0.29) is 18.5 Å². The highest BCUT2D eigenvalue weighted by Crippen LogP contribution is 2.17. The van der Waals surface area contributed by atoms with Gasteiger partial charge in [0.05, 0.1) is 25.4 Å². The number of hydrogen-bond donors (Lipinski definition) is 3. The van der Waals surface area contributed by atoms with Gasteiger partial charge in [0.25, 0.3) is 0 Å². The first-order valence-corrected chi connectivity index (χ1v) is 33.3. The van der Waals surface area contributed by atoms with E-state index in [1.54, 1.807) is 6.08 Å². The molecule has 0 aromatic carbocycles. The second kappa shape index (κ2) is 63.6. The van der Waals surface area contributed by atoms with Crippen molar-refractivity contribution in [3.63, 3.8) is 0 Å². The number of rotatable bonds is 62. The molecular formula is C68H129NO5. The largest absolute Gasteiger partial charge is 0.466 e. The molecule has 0 fully saturated rings. The van der Waals surface area contributed by atoms with E-state index in [9.17, 15) is 19.8 Å². The molecule has 2 unspecified atom stereocenters. The lowest BCUT2D eigenvalue weighted by Crippen LogP contribution is -2.45. The summed E-state index contributed by atoms with van der Waals surface area (Å²) < 4.78 is 5.48. The van der Waals surface area contributed by atoms with Gasteiger partial charge < -0.3 is 20.3 Å². The number of aliphatic hydroxyl groups excluding tert-OH is 2. The van der Waals surface area contributed by atoms with Crippen LogP contribution in [0.2, 0.25) is 0 Å². The summed E-state index contributed by atoms with van der Waals surface area (Å²) in [5, 5.41) is 23.2. The number of carbonyl (C=O) groups is 2. The van der Waals surface area contributed by atoms with Gasteiger partial charge in [0.2, 0.25) is 5.91 Å². The van der Waals surface area contributed by atoms with Crippen LogP contribution in [0.1, 0.15) is 361 Å². The first-order valence-electron chi connectivity index (χ1n) is 33.3. The number of carbonyl (C=O) groups excluding carboxylic acids is 2. The van der Waals surface area contributed by atoms with E-state index in [2.05, 4.69) is 43.5 Å². The topological polar surface area (TPSA) is 95.9 Å². The number of aliphatic hydroxyl groups is 2. The highest BCUT2D eigenvalue weighted by molar-refractivity contribution is 5.76. The van der Waals surface area contributed by atoms with Gasteiger partial charge in [0, 0.05) is 12.8 Å². The van der Waals surface area contributed by atoms with Crippen LogP contribution in [-0.4, -0.2) is 47.4 Å². The average molecular weight is 1040 g/mol. The Morgan fingerprint density at radius 2 is 0.635 bits per heavy atom. The Morgan fingerprint density at radius 1 is 0.365 bits per heavy atom. The lowest BCUT2D eigenvalue weighted by atomic mass is 10.0. The maximum absolute atomic E-state index is 12.5. The second-order valence-electron chi connectivity index (χ2n) is 22.8. The Hall–Kier alpha value is -1.92. The third kappa shape index (κ3) is 59.3. The van der Waals surface area contributed by atoms with Crippen molar-refractivity contribution in [2.75, 3.05) is 13.2 Å². The van der Waals surface area contributed by atoms with Crippen LogP contribution in [0.5, 0.6) is 0 Å². The smallest absolute Gasteiger partial charge is 0.305 e. The second-order valence-corrected chi connectivity index (χ2v) is 22.8. The first-order chi connectivity index (χ1) is 36.5. The molecule has 436 valence electrons. The minimum atomic E-state index is -0.852. The van der Waals surface area contributed by atoms with E-state index in [1.807, 2.05) is 6.08 Å². The minimum Gasteiger partial charge on any atom is -0.466 e. The number of unbranched alkanes of at least 4 members (excludes halogenated alkanes) is 47. The normalized spacial score (nSPS) is 12.8. The predicted octanol–water partition coefficient (Wildman–Crippen LogP) is 21.1. The Morgan fingerprint density at radius 3 is 0.959 bits per heavy atom. The van der Waals surface area contributed by atoms with Crippen LogP contribution in [0.3, 0.4) is 0 Å². The number of allylic oxidation sites excluding steroid dienone is 5. The highest BCUT2D eigenvalue weighted by atomic mass is 16.5. The molecule has 0 rings (SSSR count). The fraction of sp³-hybridized carbons (Fsp3) is 0.882. The Labute approximate surface area is 462 Å². The summed E-state index contributed by atoms with van der Waals surface area (Å²) in [5.41, 5.74) is 0. The number of hydrogen-bond acceptors (Lipinski definition) is 5. The molecule has 0 aliphatic carbocycles. The summed E-state index contributed by atoms with van der Waals surface area (Å²) in [6.45, 7) is 4.91. The molecule has 0 saturated carbocycles. The zero-order valence-electron chi connectivity index (χ0n) is 49.8. The molecule has 0 bridgehead atoms. The average Bonchev–Trinajstić information content (AvgIpc) is 3.40. The summed E-state index contributed by atoms with van der Waals surface area (Å²) in [4.78, 5) is 24.6. The first kappa shape index (κ1) is 72.1. The van der Waals surface area contributed by atoms with Crippen molar-refractivity contribution in [3.05, 3.63) is 36.5 Å². The molecule has 0 aliphatic rings. The summed E-state index contributed by atoms with van der Waals surface area (Å²) in [7, 11) is 0. The highest BCUT2D eigenvalue weighted by Gasteiger charge is 2.18. The fourth-order valence-electron chi connectivity index (χ4n) is 10.3. The van der Waals surface area contributed by atoms with Crippen LogP contribution in [0.4, 0.5) is 0 Å². The van der Waals surface area contributed by atoms with Gasteiger partial charge >= 0.3 is 5.97 Å². The van der Waals surface area contributed by atoms with Crippen molar-refractivity contribution in [2.45, 2.75) is 373 Å². The molecule has 0 aliphatic heterocycles. The van der Waals surface area contributed by atoms with E-state index in [4.69, 9.17) is 4.74 Å². The van der Waals surface area contributed by atoms with Crippen LogP contribution < -0.4 is 5.32 Å². The third-order valence-electron chi connectivity index (χ3n) is 15.4. The van der Waals surface area contributed by atoms with Gasteiger partial charge in [-0.25, -0.2) is 0 Å². The summed E-state index contributed by atoms with van der Waals surface area (Å²) in [6, 6.07) is -0.636. The van der Waals surface area contributed by atoms with Gasteiger partial charge in [0.1, 0.15) is 0 Å². The van der Waals surface area contributed by atoms with E-state index >= 15 is 0 Å². The van der Waals surface area contributed by atoms with Gasteiger partial charge in [-0.05, 0) is 83.5 Å². The van der Waals surface area contributed by atoms with Crippen LogP contribution >= 0.6 is 0 Å². The van der Waals surface area contributed by atoms with Gasteiger partial charge in [-0.2, -0.15) is 0 Å². The van der Waals surface area contributed by atoms with Crippen molar-refractivity contribution >= 4 is 11.9 Å². The maximum atomic E-state index is 12.5. The molecule has 0 saturated heterocycles. The van der Waals surface area contributed by atoms with Crippen molar-refractivity contribution in [3.8, 4) is 0 Å². The molecule has 0 spiro atoms. The van der Waals surface area contributed by atoms with Gasteiger partial charge in [-0.15, -0.1) is 0 Å². The molecule has 0 radical (unpaired) electrons. The monoisotopic (exact) mass is 1040 g/mol. The maximum Gasteiger partial charge on any atom is 0.305 e. The van der Waals surface area contributed by atoms with E-state index in [0.717, 1.165) is 51.4 Å². The molecule has 6 heteroatoms. The zero-order chi connectivity index (χ0) is 53.6. The van der Waals surface area contributed by atoms with E-state index in [1.165, 1.54) is 283 Å². The molecule has 1 amide bonds. The lowest BCUT2D eigenvalue weighted by Gasteiger charge is -2.20. The van der Waals surface area contributed by atoms with Crippen LogP contribution in [0.15, 0.2) is 36.5 Å². The zero-order valence-corrected chi connectivity index (χ0v) is 49.8. The molecule has 0 heterocycles. The number of nitrogens with one attached hydrogen (secondary N) is 1.